The number of nitrogens with one attached hydrogen (secondary N) is 1. The summed E-state index contributed by atoms with van der Waals surface area (Å²) < 4.78 is 39.4. The van der Waals surface area contributed by atoms with E-state index in [1.165, 1.54) is 4.90 Å². The van der Waals surface area contributed by atoms with Gasteiger partial charge >= 0.3 is 6.18 Å². The van der Waals surface area contributed by atoms with E-state index in [-0.39, 0.29) is 25.3 Å². The van der Waals surface area contributed by atoms with Crippen LogP contribution in [0, 0.1) is 5.92 Å². The first kappa shape index (κ1) is 15.8. The molecular formula is C13H19F3N4O. The number of carbonyl (C=O) groups is 1. The molecule has 0 bridgehead atoms. The van der Waals surface area contributed by atoms with E-state index in [9.17, 15) is 18.0 Å². The number of nitrogens with zero attached hydrogens (tertiary/aromatic N) is 3. The fourth-order valence-electron chi connectivity index (χ4n) is 2.52. The van der Waals surface area contributed by atoms with Crippen LogP contribution in [0.5, 0.6) is 0 Å². The van der Waals surface area contributed by atoms with Crippen molar-refractivity contribution in [2.24, 2.45) is 13.0 Å². The van der Waals surface area contributed by atoms with Gasteiger partial charge in [0, 0.05) is 38.9 Å². The molecule has 0 saturated carbocycles. The van der Waals surface area contributed by atoms with Crippen LogP contribution in [0.2, 0.25) is 0 Å². The maximum Gasteiger partial charge on any atom is 0.393 e. The van der Waals surface area contributed by atoms with E-state index in [1.807, 2.05) is 0 Å². The average molecular weight is 304 g/mol. The Morgan fingerprint density at radius 2 is 2.24 bits per heavy atom. The highest BCUT2D eigenvalue weighted by molar-refractivity contribution is 5.81. The van der Waals surface area contributed by atoms with Crippen molar-refractivity contribution in [2.75, 3.05) is 13.6 Å². The van der Waals surface area contributed by atoms with E-state index in [2.05, 4.69) is 10.4 Å². The standard InChI is InChI=1S/C13H19F3N4O/c1-19(7-9-5-18-20(2)8-9)12(21)11-4-3-10(6-17-11)13(14,15)16/h5,8,10-11,17H,3-4,6-7H2,1-2H3. The van der Waals surface area contributed by atoms with E-state index >= 15 is 0 Å². The van der Waals surface area contributed by atoms with Crippen LogP contribution < -0.4 is 5.32 Å². The molecule has 1 aliphatic rings. The molecule has 8 heteroatoms. The highest BCUT2D eigenvalue weighted by Crippen LogP contribution is 2.32. The summed E-state index contributed by atoms with van der Waals surface area (Å²) in [4.78, 5) is 13.7. The minimum atomic E-state index is -4.19. The lowest BCUT2D eigenvalue weighted by molar-refractivity contribution is -0.180. The van der Waals surface area contributed by atoms with Gasteiger partial charge in [-0.15, -0.1) is 0 Å². The zero-order valence-electron chi connectivity index (χ0n) is 12.0. The predicted molar refractivity (Wildman–Crippen MR) is 70.3 cm³/mol. The van der Waals surface area contributed by atoms with Gasteiger partial charge in [0.05, 0.1) is 18.2 Å². The maximum atomic E-state index is 12.6. The van der Waals surface area contributed by atoms with E-state index in [4.69, 9.17) is 0 Å². The molecule has 118 valence electrons. The molecule has 1 amide bonds. The van der Waals surface area contributed by atoms with Gasteiger partial charge in [0.1, 0.15) is 0 Å². The molecule has 1 aromatic heterocycles. The Balaban J connectivity index is 1.86. The van der Waals surface area contributed by atoms with Crippen molar-refractivity contribution in [1.29, 1.82) is 0 Å². The van der Waals surface area contributed by atoms with Crippen molar-refractivity contribution >= 4 is 5.91 Å². The molecule has 1 saturated heterocycles. The smallest absolute Gasteiger partial charge is 0.340 e. The Labute approximate surface area is 121 Å². The summed E-state index contributed by atoms with van der Waals surface area (Å²) >= 11 is 0. The second-order valence-electron chi connectivity index (χ2n) is 5.49. The fourth-order valence-corrected chi connectivity index (χ4v) is 2.52. The van der Waals surface area contributed by atoms with Crippen LogP contribution in [-0.4, -0.2) is 46.4 Å². The average Bonchev–Trinajstić information content (AvgIpc) is 2.82. The summed E-state index contributed by atoms with van der Waals surface area (Å²) in [5, 5.41) is 6.73. The topological polar surface area (TPSA) is 50.2 Å². The number of aromatic nitrogens is 2. The first-order valence-electron chi connectivity index (χ1n) is 6.80. The number of aryl methyl sites for hydroxylation is 1. The molecule has 1 fully saturated rings. The maximum absolute atomic E-state index is 12.6. The van der Waals surface area contributed by atoms with E-state index in [1.54, 1.807) is 31.2 Å². The molecule has 1 aromatic rings. The van der Waals surface area contributed by atoms with Gasteiger partial charge in [-0.25, -0.2) is 0 Å². The van der Waals surface area contributed by atoms with Crippen LogP contribution in [0.25, 0.3) is 0 Å². The first-order valence-corrected chi connectivity index (χ1v) is 6.80. The summed E-state index contributed by atoms with van der Waals surface area (Å²) in [6.07, 6.45) is -0.522. The minimum absolute atomic E-state index is 0.00631. The largest absolute Gasteiger partial charge is 0.393 e. The zero-order chi connectivity index (χ0) is 15.6. The second kappa shape index (κ2) is 6.05. The van der Waals surface area contributed by atoms with Gasteiger partial charge in [0.2, 0.25) is 5.91 Å². The van der Waals surface area contributed by atoms with Gasteiger partial charge in [-0.3, -0.25) is 9.48 Å². The lowest BCUT2D eigenvalue weighted by Crippen LogP contribution is -2.51. The summed E-state index contributed by atoms with van der Waals surface area (Å²) in [6, 6.07) is -0.537. The first-order chi connectivity index (χ1) is 9.77. The Morgan fingerprint density at radius 1 is 1.52 bits per heavy atom. The second-order valence-corrected chi connectivity index (χ2v) is 5.49. The number of piperidine rings is 1. The minimum Gasteiger partial charge on any atom is -0.340 e. The quantitative estimate of drug-likeness (QED) is 0.916. The van der Waals surface area contributed by atoms with E-state index < -0.39 is 18.1 Å². The Kier molecular flexibility index (Phi) is 4.55. The number of halogens is 3. The van der Waals surface area contributed by atoms with Crippen molar-refractivity contribution in [1.82, 2.24) is 20.0 Å². The monoisotopic (exact) mass is 304 g/mol. The lowest BCUT2D eigenvalue weighted by Gasteiger charge is -2.32. The number of likely N-dealkylation sites (N-methyl/N-ethyl adjacent to an activating group) is 1. The zero-order valence-corrected chi connectivity index (χ0v) is 12.0. The molecule has 0 spiro atoms. The van der Waals surface area contributed by atoms with Crippen LogP contribution in [0.3, 0.4) is 0 Å². The van der Waals surface area contributed by atoms with Gasteiger partial charge < -0.3 is 10.2 Å². The van der Waals surface area contributed by atoms with Crippen molar-refractivity contribution in [3.63, 3.8) is 0 Å². The molecule has 0 aromatic carbocycles. The number of hydrogen-bond donors (Lipinski definition) is 1. The molecule has 1 N–H and O–H groups in total. The van der Waals surface area contributed by atoms with Crippen LogP contribution in [0.15, 0.2) is 12.4 Å². The van der Waals surface area contributed by atoms with Gasteiger partial charge in [-0.2, -0.15) is 18.3 Å². The van der Waals surface area contributed by atoms with Gasteiger partial charge in [0.15, 0.2) is 0 Å². The molecule has 2 rings (SSSR count). The molecule has 5 nitrogen and oxygen atoms in total. The normalized spacial score (nSPS) is 23.1. The Bertz CT molecular complexity index is 492. The van der Waals surface area contributed by atoms with Crippen LogP contribution in [0.4, 0.5) is 13.2 Å². The number of hydrogen-bond acceptors (Lipinski definition) is 3. The molecule has 1 aliphatic heterocycles. The summed E-state index contributed by atoms with van der Waals surface area (Å²) in [6.45, 7) is 0.203. The summed E-state index contributed by atoms with van der Waals surface area (Å²) in [7, 11) is 3.43. The summed E-state index contributed by atoms with van der Waals surface area (Å²) in [5.41, 5.74) is 0.886. The van der Waals surface area contributed by atoms with E-state index in [0.29, 0.717) is 6.54 Å². The third-order valence-electron chi connectivity index (χ3n) is 3.73. The number of amides is 1. The van der Waals surface area contributed by atoms with Crippen LogP contribution in [-0.2, 0) is 18.4 Å². The van der Waals surface area contributed by atoms with E-state index in [0.717, 1.165) is 5.56 Å². The highest BCUT2D eigenvalue weighted by atomic mass is 19.4. The van der Waals surface area contributed by atoms with Gasteiger partial charge in [-0.05, 0) is 12.8 Å². The van der Waals surface area contributed by atoms with Crippen LogP contribution >= 0.6 is 0 Å². The number of rotatable bonds is 3. The summed E-state index contributed by atoms with van der Waals surface area (Å²) in [5.74, 6) is -1.54. The van der Waals surface area contributed by atoms with Crippen molar-refractivity contribution in [2.45, 2.75) is 31.6 Å². The molecule has 21 heavy (non-hydrogen) atoms. The molecule has 2 atom stereocenters. The third-order valence-corrected chi connectivity index (χ3v) is 3.73. The number of carbonyl (C=O) groups excluding carboxylic acids is 1. The van der Waals surface area contributed by atoms with Gasteiger partial charge in [0.25, 0.3) is 0 Å². The van der Waals surface area contributed by atoms with Crippen molar-refractivity contribution < 1.29 is 18.0 Å². The van der Waals surface area contributed by atoms with Crippen molar-refractivity contribution in [3.05, 3.63) is 18.0 Å². The Hall–Kier alpha value is -1.57. The predicted octanol–water partition coefficient (Wildman–Crippen LogP) is 1.31. The Morgan fingerprint density at radius 3 is 2.71 bits per heavy atom. The van der Waals surface area contributed by atoms with Crippen LogP contribution in [0.1, 0.15) is 18.4 Å². The highest BCUT2D eigenvalue weighted by Gasteiger charge is 2.42. The third kappa shape index (κ3) is 3.96. The molecule has 0 aliphatic carbocycles. The van der Waals surface area contributed by atoms with Crippen molar-refractivity contribution in [3.8, 4) is 0 Å². The number of alkyl halides is 3. The molecule has 2 unspecified atom stereocenters. The lowest BCUT2D eigenvalue weighted by atomic mass is 9.93. The SMILES string of the molecule is CN(Cc1cnn(C)c1)C(=O)C1CCC(C(F)(F)F)CN1. The molecule has 0 radical (unpaired) electrons. The van der Waals surface area contributed by atoms with Gasteiger partial charge in [-0.1, -0.05) is 0 Å². The molecule has 2 heterocycles. The fraction of sp³-hybridized carbons (Fsp3) is 0.692. The molecular weight excluding hydrogens is 285 g/mol.